The highest BCUT2D eigenvalue weighted by Gasteiger charge is 2.33. The van der Waals surface area contributed by atoms with Gasteiger partial charge in [-0.15, -0.1) is 0 Å². The number of hydrogen-bond donors (Lipinski definition) is 1. The minimum absolute atomic E-state index is 0.0176. The van der Waals surface area contributed by atoms with Crippen molar-refractivity contribution in [3.63, 3.8) is 0 Å². The van der Waals surface area contributed by atoms with Crippen LogP contribution in [-0.2, 0) is 5.60 Å². The molecule has 0 saturated carbocycles. The quantitative estimate of drug-likeness (QED) is 0.527. The average molecular weight is 473 g/mol. The van der Waals surface area contributed by atoms with Crippen LogP contribution in [0.3, 0.4) is 0 Å². The number of halogens is 1. The lowest BCUT2D eigenvalue weighted by molar-refractivity contribution is -0.0254. The lowest BCUT2D eigenvalue weighted by Gasteiger charge is -2.38. The monoisotopic (exact) mass is 472 g/mol. The van der Waals surface area contributed by atoms with Crippen LogP contribution >= 0.6 is 11.6 Å². The smallest absolute Gasteiger partial charge is 0.258 e. The molecule has 0 atom stereocenters. The molecule has 2 aliphatic heterocycles. The van der Waals surface area contributed by atoms with E-state index >= 15 is 0 Å². The fourth-order valence-corrected chi connectivity index (χ4v) is 5.27. The lowest BCUT2D eigenvalue weighted by atomic mass is 9.84. The summed E-state index contributed by atoms with van der Waals surface area (Å²) < 4.78 is 0. The van der Waals surface area contributed by atoms with Crippen LogP contribution in [0.1, 0.15) is 46.3 Å². The van der Waals surface area contributed by atoms with Crippen LogP contribution < -0.4 is 4.90 Å². The number of nitrogens with zero attached hydrogens (tertiary/aromatic N) is 2. The Morgan fingerprint density at radius 2 is 1.53 bits per heavy atom. The molecule has 5 rings (SSSR count). The molecule has 0 radical (unpaired) electrons. The van der Waals surface area contributed by atoms with Crippen LogP contribution in [0.5, 0.6) is 0 Å². The number of rotatable bonds is 4. The number of aliphatic hydroxyl groups is 1. The summed E-state index contributed by atoms with van der Waals surface area (Å²) in [6.07, 6.45) is 4.55. The van der Waals surface area contributed by atoms with E-state index in [1.54, 1.807) is 4.90 Å². The highest BCUT2D eigenvalue weighted by atomic mass is 35.5. The molecular weight excluding hydrogens is 444 g/mol. The van der Waals surface area contributed by atoms with Crippen LogP contribution in [0.2, 0.25) is 5.02 Å². The summed E-state index contributed by atoms with van der Waals surface area (Å²) in [4.78, 5) is 17.3. The van der Waals surface area contributed by atoms with Gasteiger partial charge in [0, 0.05) is 42.8 Å². The van der Waals surface area contributed by atoms with E-state index in [9.17, 15) is 9.90 Å². The maximum atomic E-state index is 13.1. The number of fused-ring (bicyclic) bond motifs is 2. The van der Waals surface area contributed by atoms with Gasteiger partial charge < -0.3 is 14.9 Å². The zero-order valence-corrected chi connectivity index (χ0v) is 20.1. The Morgan fingerprint density at radius 1 is 0.912 bits per heavy atom. The van der Waals surface area contributed by atoms with Crippen molar-refractivity contribution in [2.24, 2.45) is 0 Å². The van der Waals surface area contributed by atoms with Crippen molar-refractivity contribution in [1.29, 1.82) is 0 Å². The van der Waals surface area contributed by atoms with Crippen molar-refractivity contribution in [2.75, 3.05) is 31.6 Å². The summed E-state index contributed by atoms with van der Waals surface area (Å²) >= 11 is 6.01. The highest BCUT2D eigenvalue weighted by Crippen LogP contribution is 2.38. The van der Waals surface area contributed by atoms with Crippen LogP contribution in [0.25, 0.3) is 5.57 Å². The molecule has 0 spiro atoms. The first-order valence-corrected chi connectivity index (χ1v) is 12.2. The van der Waals surface area contributed by atoms with Gasteiger partial charge in [0.05, 0.1) is 11.3 Å². The predicted octanol–water partition coefficient (Wildman–Crippen LogP) is 5.74. The number of carbonyl (C=O) groups is 1. The van der Waals surface area contributed by atoms with Crippen LogP contribution in [0, 0.1) is 0 Å². The van der Waals surface area contributed by atoms with E-state index in [4.69, 9.17) is 11.6 Å². The number of para-hydroxylation sites is 1. The summed E-state index contributed by atoms with van der Waals surface area (Å²) in [6, 6.07) is 23.5. The van der Waals surface area contributed by atoms with E-state index in [-0.39, 0.29) is 5.91 Å². The molecule has 1 saturated heterocycles. The van der Waals surface area contributed by atoms with E-state index in [2.05, 4.69) is 17.0 Å². The number of hydrogen-bond acceptors (Lipinski definition) is 3. The van der Waals surface area contributed by atoms with Gasteiger partial charge in [0.2, 0.25) is 0 Å². The molecule has 1 N–H and O–H groups in total. The van der Waals surface area contributed by atoms with E-state index in [0.717, 1.165) is 59.6 Å². The molecule has 3 aromatic carbocycles. The van der Waals surface area contributed by atoms with Crippen LogP contribution in [-0.4, -0.2) is 42.6 Å². The molecule has 0 aromatic heterocycles. The van der Waals surface area contributed by atoms with Gasteiger partial charge in [-0.2, -0.15) is 0 Å². The first-order valence-electron chi connectivity index (χ1n) is 11.8. The molecule has 1 fully saturated rings. The van der Waals surface area contributed by atoms with Gasteiger partial charge in [-0.3, -0.25) is 4.79 Å². The molecule has 34 heavy (non-hydrogen) atoms. The van der Waals surface area contributed by atoms with Crippen molar-refractivity contribution in [2.45, 2.75) is 24.9 Å². The topological polar surface area (TPSA) is 43.8 Å². The fraction of sp³-hybridized carbons (Fsp3) is 0.276. The molecule has 0 aliphatic carbocycles. The summed E-state index contributed by atoms with van der Waals surface area (Å²) in [5, 5.41) is 11.8. The number of amides is 1. The molecule has 1 amide bonds. The molecule has 4 nitrogen and oxygen atoms in total. The van der Waals surface area contributed by atoms with Crippen molar-refractivity contribution in [3.8, 4) is 0 Å². The second-order valence-electron chi connectivity index (χ2n) is 9.21. The first kappa shape index (κ1) is 22.9. The van der Waals surface area contributed by atoms with Gasteiger partial charge in [-0.1, -0.05) is 66.2 Å². The molecular formula is C29H29ClN2O2. The van der Waals surface area contributed by atoms with E-state index in [1.165, 1.54) is 0 Å². The number of anilines is 1. The second-order valence-corrected chi connectivity index (χ2v) is 9.65. The largest absolute Gasteiger partial charge is 0.385 e. The Bertz CT molecular complexity index is 1230. The van der Waals surface area contributed by atoms with Crippen molar-refractivity contribution >= 4 is 28.8 Å². The molecule has 2 heterocycles. The summed E-state index contributed by atoms with van der Waals surface area (Å²) in [6.45, 7) is 2.60. The average Bonchev–Trinajstić information content (AvgIpc) is 2.95. The summed E-state index contributed by atoms with van der Waals surface area (Å²) in [5.41, 5.74) is 5.00. The zero-order chi connectivity index (χ0) is 23.7. The van der Waals surface area contributed by atoms with Gasteiger partial charge in [0.25, 0.3) is 5.91 Å². The van der Waals surface area contributed by atoms with E-state index in [1.807, 2.05) is 73.8 Å². The third-order valence-corrected chi connectivity index (χ3v) is 7.42. The molecule has 0 bridgehead atoms. The molecule has 0 unspecified atom stereocenters. The Labute approximate surface area is 206 Å². The summed E-state index contributed by atoms with van der Waals surface area (Å²) in [5.74, 6) is 0.0176. The third-order valence-electron chi connectivity index (χ3n) is 7.17. The fourth-order valence-electron chi connectivity index (χ4n) is 5.14. The Hall–Kier alpha value is -2.92. The second kappa shape index (κ2) is 9.38. The minimum atomic E-state index is -0.788. The maximum absolute atomic E-state index is 13.1. The van der Waals surface area contributed by atoms with E-state index < -0.39 is 5.60 Å². The highest BCUT2D eigenvalue weighted by molar-refractivity contribution is 6.30. The number of piperidine rings is 1. The van der Waals surface area contributed by atoms with Gasteiger partial charge in [-0.25, -0.2) is 0 Å². The third kappa shape index (κ3) is 4.29. The number of carbonyl (C=O) groups excluding carboxylic acids is 1. The van der Waals surface area contributed by atoms with Crippen molar-refractivity contribution in [3.05, 3.63) is 106 Å². The SMILES string of the molecule is CN1C(=O)c2ccccc2/C(=C/CCN2CCC(O)(c3ccc(Cl)cc3)CC2)c2ccccc21. The van der Waals surface area contributed by atoms with Crippen molar-refractivity contribution in [1.82, 2.24) is 4.90 Å². The Kier molecular flexibility index (Phi) is 6.30. The molecule has 3 aromatic rings. The number of likely N-dealkylation sites (tertiary alicyclic amines) is 1. The van der Waals surface area contributed by atoms with Gasteiger partial charge in [-0.05, 0) is 60.2 Å². The first-order chi connectivity index (χ1) is 16.5. The standard InChI is InChI=1S/C29H29ClN2O2/c1-31-27-11-5-4-8-25(27)23(24-7-2-3-9-26(24)28(31)33)10-6-18-32-19-16-29(34,17-20-32)21-12-14-22(30)15-13-21/h2-5,7-15,34H,6,16-20H2,1H3/b23-10-. The van der Waals surface area contributed by atoms with E-state index in [0.29, 0.717) is 17.9 Å². The molecule has 5 heteroatoms. The lowest BCUT2D eigenvalue weighted by Crippen LogP contribution is -2.42. The Balaban J connectivity index is 1.33. The van der Waals surface area contributed by atoms with Gasteiger partial charge in [0.1, 0.15) is 0 Å². The zero-order valence-electron chi connectivity index (χ0n) is 19.4. The Morgan fingerprint density at radius 3 is 2.24 bits per heavy atom. The van der Waals surface area contributed by atoms with Crippen LogP contribution in [0.15, 0.2) is 78.9 Å². The minimum Gasteiger partial charge on any atom is -0.385 e. The van der Waals surface area contributed by atoms with Gasteiger partial charge >= 0.3 is 0 Å². The number of benzene rings is 3. The molecule has 174 valence electrons. The van der Waals surface area contributed by atoms with Crippen LogP contribution in [0.4, 0.5) is 5.69 Å². The predicted molar refractivity (Wildman–Crippen MR) is 138 cm³/mol. The summed E-state index contributed by atoms with van der Waals surface area (Å²) in [7, 11) is 1.84. The molecule has 2 aliphatic rings. The normalized spacial score (nSPS) is 19.0. The maximum Gasteiger partial charge on any atom is 0.258 e. The van der Waals surface area contributed by atoms with Crippen molar-refractivity contribution < 1.29 is 9.90 Å². The van der Waals surface area contributed by atoms with Gasteiger partial charge in [0.15, 0.2) is 0 Å².